The first-order valence-corrected chi connectivity index (χ1v) is 6.96. The number of nitrogens with one attached hydrogen (secondary N) is 2. The quantitative estimate of drug-likeness (QED) is 0.514. The highest BCUT2D eigenvalue weighted by atomic mass is 35.5. The van der Waals surface area contributed by atoms with Gasteiger partial charge in [0, 0.05) is 5.69 Å². The summed E-state index contributed by atoms with van der Waals surface area (Å²) >= 11 is 11.6. The van der Waals surface area contributed by atoms with Gasteiger partial charge in [0.25, 0.3) is 0 Å². The lowest BCUT2D eigenvalue weighted by molar-refractivity contribution is -0.136. The standard InChI is InChI=1S/C15H11Cl2N3O2/c16-12-7-6-10(8-13(12)17)9-18-20-15(22)14(21)19-11-4-2-1-3-5-11/h1-9H,(H,19,21)(H,20,22)/b18-9-. The van der Waals surface area contributed by atoms with Crippen molar-refractivity contribution in [2.75, 3.05) is 5.32 Å². The van der Waals surface area contributed by atoms with Crippen molar-refractivity contribution in [1.29, 1.82) is 0 Å². The van der Waals surface area contributed by atoms with Gasteiger partial charge in [0.05, 0.1) is 16.3 Å². The number of para-hydroxylation sites is 1. The second kappa shape index (κ2) is 7.59. The number of anilines is 1. The van der Waals surface area contributed by atoms with Crippen molar-refractivity contribution in [3.63, 3.8) is 0 Å². The molecule has 112 valence electrons. The number of rotatable bonds is 3. The second-order valence-corrected chi connectivity index (χ2v) is 5.01. The summed E-state index contributed by atoms with van der Waals surface area (Å²) in [5.74, 6) is -1.68. The lowest BCUT2D eigenvalue weighted by atomic mass is 10.2. The number of hydrogen-bond acceptors (Lipinski definition) is 3. The number of carbonyl (C=O) groups is 2. The minimum atomic E-state index is -0.875. The average molecular weight is 336 g/mol. The van der Waals surface area contributed by atoms with Gasteiger partial charge in [-0.15, -0.1) is 0 Å². The molecule has 0 atom stereocenters. The van der Waals surface area contributed by atoms with Crippen LogP contribution in [0.25, 0.3) is 0 Å². The van der Waals surface area contributed by atoms with E-state index in [4.69, 9.17) is 23.2 Å². The minimum Gasteiger partial charge on any atom is -0.318 e. The highest BCUT2D eigenvalue weighted by molar-refractivity contribution is 6.42. The molecule has 2 rings (SSSR count). The van der Waals surface area contributed by atoms with Crippen molar-refractivity contribution in [2.24, 2.45) is 5.10 Å². The van der Waals surface area contributed by atoms with Crippen LogP contribution >= 0.6 is 23.2 Å². The van der Waals surface area contributed by atoms with Gasteiger partial charge in [0.2, 0.25) is 0 Å². The molecule has 0 aliphatic rings. The maximum absolute atomic E-state index is 11.6. The maximum Gasteiger partial charge on any atom is 0.329 e. The Morgan fingerprint density at radius 3 is 2.36 bits per heavy atom. The lowest BCUT2D eigenvalue weighted by Gasteiger charge is -2.03. The van der Waals surface area contributed by atoms with E-state index >= 15 is 0 Å². The zero-order chi connectivity index (χ0) is 15.9. The van der Waals surface area contributed by atoms with Crippen LogP contribution in [0.1, 0.15) is 5.56 Å². The van der Waals surface area contributed by atoms with Gasteiger partial charge in [-0.25, -0.2) is 5.43 Å². The Morgan fingerprint density at radius 2 is 1.68 bits per heavy atom. The third-order valence-corrected chi connectivity index (χ3v) is 3.30. The van der Waals surface area contributed by atoms with Crippen LogP contribution in [0.5, 0.6) is 0 Å². The summed E-state index contributed by atoms with van der Waals surface area (Å²) < 4.78 is 0. The van der Waals surface area contributed by atoms with Crippen LogP contribution < -0.4 is 10.7 Å². The van der Waals surface area contributed by atoms with Gasteiger partial charge >= 0.3 is 11.8 Å². The summed E-state index contributed by atoms with van der Waals surface area (Å²) in [6.07, 6.45) is 1.36. The number of hydrazone groups is 1. The predicted molar refractivity (Wildman–Crippen MR) is 87.3 cm³/mol. The first-order chi connectivity index (χ1) is 10.6. The summed E-state index contributed by atoms with van der Waals surface area (Å²) in [5.41, 5.74) is 3.29. The van der Waals surface area contributed by atoms with Gasteiger partial charge in [-0.1, -0.05) is 47.5 Å². The normalized spacial score (nSPS) is 10.5. The molecule has 0 heterocycles. The van der Waals surface area contributed by atoms with Crippen LogP contribution in [0.4, 0.5) is 5.69 Å². The number of benzene rings is 2. The number of hydrogen-bond donors (Lipinski definition) is 2. The molecule has 2 N–H and O–H groups in total. The largest absolute Gasteiger partial charge is 0.329 e. The molecule has 0 aromatic heterocycles. The molecule has 0 spiro atoms. The molecule has 2 amide bonds. The fourth-order valence-electron chi connectivity index (χ4n) is 1.52. The van der Waals surface area contributed by atoms with Gasteiger partial charge in [-0.3, -0.25) is 9.59 Å². The van der Waals surface area contributed by atoms with Crippen molar-refractivity contribution < 1.29 is 9.59 Å². The molecule has 2 aromatic rings. The van der Waals surface area contributed by atoms with Crippen molar-refractivity contribution in [1.82, 2.24) is 5.43 Å². The monoisotopic (exact) mass is 335 g/mol. The van der Waals surface area contributed by atoms with Gasteiger partial charge in [0.1, 0.15) is 0 Å². The van der Waals surface area contributed by atoms with Crippen LogP contribution in [-0.4, -0.2) is 18.0 Å². The van der Waals surface area contributed by atoms with E-state index in [-0.39, 0.29) is 0 Å². The molecule has 0 saturated heterocycles. The molecule has 22 heavy (non-hydrogen) atoms. The summed E-state index contributed by atoms with van der Waals surface area (Å²) in [4.78, 5) is 23.2. The Labute approximate surface area is 136 Å². The molecular weight excluding hydrogens is 325 g/mol. The average Bonchev–Trinajstić information content (AvgIpc) is 2.51. The SMILES string of the molecule is O=C(N/N=C\c1ccc(Cl)c(Cl)c1)C(=O)Nc1ccccc1. The van der Waals surface area contributed by atoms with Crippen LogP contribution in [0.3, 0.4) is 0 Å². The zero-order valence-corrected chi connectivity index (χ0v) is 12.7. The van der Waals surface area contributed by atoms with Crippen molar-refractivity contribution in [3.05, 3.63) is 64.1 Å². The van der Waals surface area contributed by atoms with E-state index in [0.717, 1.165) is 0 Å². The third kappa shape index (κ3) is 4.58. The zero-order valence-electron chi connectivity index (χ0n) is 11.2. The van der Waals surface area contributed by atoms with E-state index in [2.05, 4.69) is 15.8 Å². The molecule has 2 aromatic carbocycles. The highest BCUT2D eigenvalue weighted by Gasteiger charge is 2.12. The van der Waals surface area contributed by atoms with E-state index in [9.17, 15) is 9.59 Å². The number of carbonyl (C=O) groups excluding carboxylic acids is 2. The Bertz CT molecular complexity index is 718. The van der Waals surface area contributed by atoms with E-state index in [1.165, 1.54) is 6.21 Å². The third-order valence-electron chi connectivity index (χ3n) is 2.56. The summed E-state index contributed by atoms with van der Waals surface area (Å²) in [7, 11) is 0. The molecule has 5 nitrogen and oxygen atoms in total. The first-order valence-electron chi connectivity index (χ1n) is 6.21. The molecule has 0 bridgehead atoms. The van der Waals surface area contributed by atoms with Crippen molar-refractivity contribution in [2.45, 2.75) is 0 Å². The van der Waals surface area contributed by atoms with Gasteiger partial charge < -0.3 is 5.32 Å². The summed E-state index contributed by atoms with van der Waals surface area (Å²) in [5, 5.41) is 6.93. The maximum atomic E-state index is 11.6. The molecule has 0 fully saturated rings. The van der Waals surface area contributed by atoms with E-state index in [1.807, 2.05) is 0 Å². The molecule has 0 aliphatic carbocycles. The number of amides is 2. The Hall–Kier alpha value is -2.37. The minimum absolute atomic E-state index is 0.374. The van der Waals surface area contributed by atoms with E-state index in [1.54, 1.807) is 48.5 Å². The van der Waals surface area contributed by atoms with E-state index in [0.29, 0.717) is 21.3 Å². The summed E-state index contributed by atoms with van der Waals surface area (Å²) in [6, 6.07) is 13.5. The van der Waals surface area contributed by atoms with Crippen LogP contribution in [-0.2, 0) is 9.59 Å². The summed E-state index contributed by atoms with van der Waals surface area (Å²) in [6.45, 7) is 0. The van der Waals surface area contributed by atoms with E-state index < -0.39 is 11.8 Å². The number of nitrogens with zero attached hydrogens (tertiary/aromatic N) is 1. The van der Waals surface area contributed by atoms with Gasteiger partial charge in [-0.05, 0) is 29.8 Å². The molecule has 0 aliphatic heterocycles. The Balaban J connectivity index is 1.90. The molecule has 7 heteroatoms. The van der Waals surface area contributed by atoms with Crippen LogP contribution in [0.2, 0.25) is 10.0 Å². The van der Waals surface area contributed by atoms with Gasteiger partial charge in [0.15, 0.2) is 0 Å². The fourth-order valence-corrected chi connectivity index (χ4v) is 1.82. The molecule has 0 radical (unpaired) electrons. The molecule has 0 unspecified atom stereocenters. The molecule has 0 saturated carbocycles. The smallest absolute Gasteiger partial charge is 0.318 e. The number of halogens is 2. The highest BCUT2D eigenvalue weighted by Crippen LogP contribution is 2.21. The predicted octanol–water partition coefficient (Wildman–Crippen LogP) is 3.08. The lowest BCUT2D eigenvalue weighted by Crippen LogP contribution is -2.32. The van der Waals surface area contributed by atoms with Crippen molar-refractivity contribution in [3.8, 4) is 0 Å². The Kier molecular flexibility index (Phi) is 5.52. The second-order valence-electron chi connectivity index (χ2n) is 4.19. The first kappa shape index (κ1) is 16.0. The van der Waals surface area contributed by atoms with Crippen LogP contribution in [0, 0.1) is 0 Å². The topological polar surface area (TPSA) is 70.6 Å². The molecular formula is C15H11Cl2N3O2. The van der Waals surface area contributed by atoms with Crippen molar-refractivity contribution >= 4 is 46.9 Å². The fraction of sp³-hybridized carbons (Fsp3) is 0. The van der Waals surface area contributed by atoms with Crippen LogP contribution in [0.15, 0.2) is 53.6 Å². The van der Waals surface area contributed by atoms with Gasteiger partial charge in [-0.2, -0.15) is 5.10 Å². The Morgan fingerprint density at radius 1 is 0.955 bits per heavy atom.